The van der Waals surface area contributed by atoms with Gasteiger partial charge in [0, 0.05) is 24.2 Å². The van der Waals surface area contributed by atoms with Gasteiger partial charge in [0.1, 0.15) is 0 Å². The van der Waals surface area contributed by atoms with Crippen molar-refractivity contribution in [1.82, 2.24) is 9.34 Å². The van der Waals surface area contributed by atoms with E-state index in [2.05, 4.69) is 27.7 Å². The van der Waals surface area contributed by atoms with Gasteiger partial charge in [-0.05, 0) is 41.5 Å². The van der Waals surface area contributed by atoms with Crippen molar-refractivity contribution in [1.29, 1.82) is 0 Å². The van der Waals surface area contributed by atoms with Crippen LogP contribution in [-0.2, 0) is 9.09 Å². The first-order chi connectivity index (χ1) is 7.09. The summed E-state index contributed by atoms with van der Waals surface area (Å²) < 4.78 is 22.8. The Kier molecular flexibility index (Phi) is 2.61. The highest BCUT2D eigenvalue weighted by atomic mass is 31.2. The molecule has 0 amide bonds. The fourth-order valence-electron chi connectivity index (χ4n) is 2.04. The Morgan fingerprint density at radius 1 is 1.06 bits per heavy atom. The average molecular weight is 246 g/mol. The van der Waals surface area contributed by atoms with Crippen molar-refractivity contribution >= 4 is 7.67 Å². The molecule has 0 aromatic carbocycles. The normalized spacial score (nSPS) is 38.2. The quantitative estimate of drug-likeness (QED) is 0.564. The maximum Gasteiger partial charge on any atom is 0.347 e. The van der Waals surface area contributed by atoms with Crippen LogP contribution in [0.1, 0.15) is 41.5 Å². The third kappa shape index (κ3) is 1.97. The first kappa shape index (κ1) is 12.6. The van der Waals surface area contributed by atoms with E-state index in [0.717, 1.165) is 13.1 Å². The SMILES string of the molecule is CC(C)OP(=O)(N1CC1(C)C)N1CC1(C)C. The zero-order valence-electron chi connectivity index (χ0n) is 11.1. The van der Waals surface area contributed by atoms with Gasteiger partial charge in [-0.1, -0.05) is 0 Å². The van der Waals surface area contributed by atoms with Crippen LogP contribution in [0.15, 0.2) is 0 Å². The monoisotopic (exact) mass is 246 g/mol. The predicted molar refractivity (Wildman–Crippen MR) is 65.4 cm³/mol. The van der Waals surface area contributed by atoms with Gasteiger partial charge in [-0.25, -0.2) is 9.34 Å². The van der Waals surface area contributed by atoms with Gasteiger partial charge in [-0.2, -0.15) is 0 Å². The molecule has 2 heterocycles. The summed E-state index contributed by atoms with van der Waals surface area (Å²) in [5, 5.41) is 0. The molecule has 16 heavy (non-hydrogen) atoms. The van der Waals surface area contributed by atoms with Gasteiger partial charge in [-0.3, -0.25) is 4.57 Å². The molecule has 0 bridgehead atoms. The molecular formula is C11H23N2O2P. The van der Waals surface area contributed by atoms with E-state index in [4.69, 9.17) is 4.52 Å². The van der Waals surface area contributed by atoms with Crippen molar-refractivity contribution in [3.05, 3.63) is 0 Å². The van der Waals surface area contributed by atoms with E-state index < -0.39 is 7.67 Å². The molecule has 2 aliphatic heterocycles. The Labute approximate surface area is 98.5 Å². The van der Waals surface area contributed by atoms with Crippen LogP contribution in [0.4, 0.5) is 0 Å². The highest BCUT2D eigenvalue weighted by molar-refractivity contribution is 7.54. The topological polar surface area (TPSA) is 32.3 Å². The summed E-state index contributed by atoms with van der Waals surface area (Å²) >= 11 is 0. The van der Waals surface area contributed by atoms with E-state index in [1.165, 1.54) is 0 Å². The lowest BCUT2D eigenvalue weighted by Crippen LogP contribution is -2.20. The van der Waals surface area contributed by atoms with Crippen molar-refractivity contribution in [2.75, 3.05) is 13.1 Å². The minimum Gasteiger partial charge on any atom is -0.303 e. The van der Waals surface area contributed by atoms with Gasteiger partial charge in [0.25, 0.3) is 0 Å². The maximum atomic E-state index is 13.0. The molecule has 2 fully saturated rings. The first-order valence-electron chi connectivity index (χ1n) is 5.94. The number of hydrogen-bond donors (Lipinski definition) is 0. The van der Waals surface area contributed by atoms with Crippen LogP contribution in [0.5, 0.6) is 0 Å². The Balaban J connectivity index is 2.19. The second kappa shape index (κ2) is 3.32. The van der Waals surface area contributed by atoms with E-state index in [1.807, 2.05) is 23.2 Å². The second-order valence-electron chi connectivity index (χ2n) is 6.38. The fraction of sp³-hybridized carbons (Fsp3) is 1.00. The predicted octanol–water partition coefficient (Wildman–Crippen LogP) is 2.71. The summed E-state index contributed by atoms with van der Waals surface area (Å²) in [5.41, 5.74) is 0.0617. The molecule has 2 atom stereocenters. The largest absolute Gasteiger partial charge is 0.347 e. The molecule has 94 valence electrons. The van der Waals surface area contributed by atoms with Crippen LogP contribution in [0.25, 0.3) is 0 Å². The third-order valence-corrected chi connectivity index (χ3v) is 6.50. The molecule has 0 aromatic rings. The van der Waals surface area contributed by atoms with E-state index in [-0.39, 0.29) is 17.2 Å². The molecule has 5 heteroatoms. The number of hydrogen-bond acceptors (Lipinski definition) is 2. The molecule has 0 aromatic heterocycles. The van der Waals surface area contributed by atoms with Crippen LogP contribution < -0.4 is 0 Å². The molecule has 2 rings (SSSR count). The molecule has 0 radical (unpaired) electrons. The van der Waals surface area contributed by atoms with Crippen molar-refractivity contribution in [3.63, 3.8) is 0 Å². The summed E-state index contributed by atoms with van der Waals surface area (Å²) in [7, 11) is -2.77. The van der Waals surface area contributed by atoms with Crippen molar-refractivity contribution in [2.24, 2.45) is 0 Å². The smallest absolute Gasteiger partial charge is 0.303 e. The molecular weight excluding hydrogens is 223 g/mol. The van der Waals surface area contributed by atoms with Crippen LogP contribution in [0, 0.1) is 0 Å². The maximum absolute atomic E-state index is 13.0. The molecule has 0 spiro atoms. The van der Waals surface area contributed by atoms with E-state index in [1.54, 1.807) is 0 Å². The van der Waals surface area contributed by atoms with Crippen LogP contribution >= 0.6 is 7.67 Å². The fourth-order valence-corrected chi connectivity index (χ4v) is 5.50. The van der Waals surface area contributed by atoms with Crippen molar-refractivity contribution in [3.8, 4) is 0 Å². The molecule has 2 saturated heterocycles. The van der Waals surface area contributed by atoms with E-state index >= 15 is 0 Å². The summed E-state index contributed by atoms with van der Waals surface area (Å²) in [4.78, 5) is 0. The minimum atomic E-state index is -2.77. The minimum absolute atomic E-state index is 0.00127. The standard InChI is InChI=1S/C11H23N2O2P/c1-9(2)15-16(14,12-7-10(12,3)4)13-8-11(13,5)6/h9H,7-8H2,1-6H3. The molecule has 2 unspecified atom stereocenters. The Bertz CT molecular complexity index is 326. The average Bonchev–Trinajstić information content (AvgIpc) is 2.87. The molecule has 2 aliphatic rings. The van der Waals surface area contributed by atoms with Crippen LogP contribution in [0.3, 0.4) is 0 Å². The van der Waals surface area contributed by atoms with Crippen LogP contribution in [0.2, 0.25) is 0 Å². The molecule has 4 nitrogen and oxygen atoms in total. The summed E-state index contributed by atoms with van der Waals surface area (Å²) in [6.45, 7) is 14.1. The number of nitrogens with zero attached hydrogens (tertiary/aromatic N) is 2. The second-order valence-corrected chi connectivity index (χ2v) is 8.54. The highest BCUT2D eigenvalue weighted by Crippen LogP contribution is 2.70. The van der Waals surface area contributed by atoms with E-state index in [9.17, 15) is 4.57 Å². The van der Waals surface area contributed by atoms with Crippen molar-refractivity contribution < 1.29 is 9.09 Å². The molecule has 0 N–H and O–H groups in total. The zero-order chi connectivity index (χ0) is 12.4. The Hall–Kier alpha value is 0.110. The summed E-state index contributed by atoms with van der Waals surface area (Å²) in [5.74, 6) is 0. The lowest BCUT2D eigenvalue weighted by atomic mass is 10.2. The van der Waals surface area contributed by atoms with Crippen LogP contribution in [-0.4, -0.2) is 39.6 Å². The Morgan fingerprint density at radius 2 is 1.38 bits per heavy atom. The van der Waals surface area contributed by atoms with Gasteiger partial charge in [-0.15, -0.1) is 0 Å². The zero-order valence-corrected chi connectivity index (χ0v) is 12.0. The van der Waals surface area contributed by atoms with Gasteiger partial charge in [0.05, 0.1) is 6.10 Å². The van der Waals surface area contributed by atoms with Crippen molar-refractivity contribution in [2.45, 2.75) is 58.7 Å². The molecule has 0 saturated carbocycles. The number of rotatable bonds is 4. The Morgan fingerprint density at radius 3 is 1.56 bits per heavy atom. The third-order valence-electron chi connectivity index (χ3n) is 3.22. The lowest BCUT2D eigenvalue weighted by Gasteiger charge is -2.26. The molecule has 0 aliphatic carbocycles. The van der Waals surface area contributed by atoms with E-state index in [0.29, 0.717) is 0 Å². The van der Waals surface area contributed by atoms with Gasteiger partial charge >= 0.3 is 7.67 Å². The lowest BCUT2D eigenvalue weighted by molar-refractivity contribution is 0.205. The first-order valence-corrected chi connectivity index (χ1v) is 7.47. The highest BCUT2D eigenvalue weighted by Gasteiger charge is 2.65. The van der Waals surface area contributed by atoms with Gasteiger partial charge in [0.2, 0.25) is 0 Å². The summed E-state index contributed by atoms with van der Waals surface area (Å²) in [6.07, 6.45) is -0.00127. The summed E-state index contributed by atoms with van der Waals surface area (Å²) in [6, 6.07) is 0. The van der Waals surface area contributed by atoms with Gasteiger partial charge < -0.3 is 4.52 Å². The van der Waals surface area contributed by atoms with Gasteiger partial charge in [0.15, 0.2) is 0 Å².